The first-order valence-electron chi connectivity index (χ1n) is 9.67. The molecule has 0 heterocycles. The summed E-state index contributed by atoms with van der Waals surface area (Å²) in [5.41, 5.74) is 2.23. The quantitative estimate of drug-likeness (QED) is 0.667. The molecule has 1 N–H and O–H groups in total. The van der Waals surface area contributed by atoms with Crippen LogP contribution in [0, 0.1) is 0 Å². The fraction of sp³-hybridized carbons (Fsp3) is 0.478. The lowest BCUT2D eigenvalue weighted by atomic mass is 9.78. The summed E-state index contributed by atoms with van der Waals surface area (Å²) in [6, 6.07) is 15.7. The second-order valence-electron chi connectivity index (χ2n) is 7.78. The SMILES string of the molecule is CC(Oc1ccc(C(C)(C)c2ccc(O)cc2)cc1)OC1CCCCC1. The number of aromatic hydroxyl groups is 1. The Labute approximate surface area is 157 Å². The number of rotatable bonds is 6. The van der Waals surface area contributed by atoms with Crippen LogP contribution < -0.4 is 4.74 Å². The maximum Gasteiger partial charge on any atom is 0.197 e. The van der Waals surface area contributed by atoms with Gasteiger partial charge in [0.25, 0.3) is 0 Å². The third-order valence-electron chi connectivity index (χ3n) is 5.40. The number of phenolic OH excluding ortho intramolecular Hbond substituents is 1. The standard InChI is InChI=1S/C23H30O3/c1-17(25-21-7-5-4-6-8-21)26-22-15-11-19(12-16-22)23(2,3)18-9-13-20(24)14-10-18/h9-17,21,24H,4-8H2,1-3H3. The van der Waals surface area contributed by atoms with E-state index in [1.165, 1.54) is 24.8 Å². The summed E-state index contributed by atoms with van der Waals surface area (Å²) in [7, 11) is 0. The second-order valence-corrected chi connectivity index (χ2v) is 7.78. The highest BCUT2D eigenvalue weighted by Crippen LogP contribution is 2.33. The maximum atomic E-state index is 9.50. The van der Waals surface area contributed by atoms with E-state index in [1.54, 1.807) is 12.1 Å². The summed E-state index contributed by atoms with van der Waals surface area (Å²) >= 11 is 0. The number of phenols is 1. The van der Waals surface area contributed by atoms with Crippen molar-refractivity contribution in [3.05, 3.63) is 59.7 Å². The van der Waals surface area contributed by atoms with Crippen LogP contribution in [0.4, 0.5) is 0 Å². The van der Waals surface area contributed by atoms with Gasteiger partial charge < -0.3 is 14.6 Å². The van der Waals surface area contributed by atoms with Crippen molar-refractivity contribution < 1.29 is 14.6 Å². The molecule has 2 aromatic carbocycles. The smallest absolute Gasteiger partial charge is 0.197 e. The van der Waals surface area contributed by atoms with Crippen molar-refractivity contribution in [1.82, 2.24) is 0 Å². The van der Waals surface area contributed by atoms with Crippen LogP contribution in [0.25, 0.3) is 0 Å². The largest absolute Gasteiger partial charge is 0.508 e. The summed E-state index contributed by atoms with van der Waals surface area (Å²) in [4.78, 5) is 0. The topological polar surface area (TPSA) is 38.7 Å². The van der Waals surface area contributed by atoms with Crippen molar-refractivity contribution in [1.29, 1.82) is 0 Å². The molecular formula is C23H30O3. The second kappa shape index (κ2) is 8.13. The summed E-state index contributed by atoms with van der Waals surface area (Å²) in [6.07, 6.45) is 6.26. The first kappa shape index (κ1) is 18.8. The van der Waals surface area contributed by atoms with Crippen LogP contribution in [0.15, 0.2) is 48.5 Å². The molecule has 0 bridgehead atoms. The van der Waals surface area contributed by atoms with Crippen molar-refractivity contribution in [3.8, 4) is 11.5 Å². The van der Waals surface area contributed by atoms with Gasteiger partial charge in [-0.25, -0.2) is 0 Å². The maximum absolute atomic E-state index is 9.50. The molecule has 0 saturated heterocycles. The van der Waals surface area contributed by atoms with Crippen molar-refractivity contribution in [2.24, 2.45) is 0 Å². The van der Waals surface area contributed by atoms with E-state index in [-0.39, 0.29) is 11.7 Å². The normalized spacial score (nSPS) is 17.0. The Morgan fingerprint density at radius 1 is 0.885 bits per heavy atom. The highest BCUT2D eigenvalue weighted by Gasteiger charge is 2.23. The first-order chi connectivity index (χ1) is 12.4. The van der Waals surface area contributed by atoms with Crippen LogP contribution in [0.5, 0.6) is 11.5 Å². The zero-order valence-electron chi connectivity index (χ0n) is 16.1. The van der Waals surface area contributed by atoms with Crippen molar-refractivity contribution >= 4 is 0 Å². The molecule has 26 heavy (non-hydrogen) atoms. The minimum atomic E-state index is -0.228. The van der Waals surface area contributed by atoms with Gasteiger partial charge in [0.15, 0.2) is 6.29 Å². The molecule has 140 valence electrons. The molecule has 2 aromatic rings. The molecule has 1 unspecified atom stereocenters. The lowest BCUT2D eigenvalue weighted by molar-refractivity contribution is -0.116. The Kier molecular flexibility index (Phi) is 5.87. The van der Waals surface area contributed by atoms with E-state index < -0.39 is 0 Å². The number of ether oxygens (including phenoxy) is 2. The average molecular weight is 354 g/mol. The van der Waals surface area contributed by atoms with E-state index in [9.17, 15) is 5.11 Å². The highest BCUT2D eigenvalue weighted by atomic mass is 16.7. The van der Waals surface area contributed by atoms with Crippen molar-refractivity contribution in [2.45, 2.75) is 70.7 Å². The lowest BCUT2D eigenvalue weighted by Crippen LogP contribution is -2.26. The van der Waals surface area contributed by atoms with E-state index in [0.29, 0.717) is 11.9 Å². The number of hydrogen-bond donors (Lipinski definition) is 1. The number of benzene rings is 2. The van der Waals surface area contributed by atoms with Crippen LogP contribution in [-0.2, 0) is 10.2 Å². The molecule has 1 saturated carbocycles. The van der Waals surface area contributed by atoms with Crippen molar-refractivity contribution in [2.75, 3.05) is 0 Å². The molecule has 3 nitrogen and oxygen atoms in total. The van der Waals surface area contributed by atoms with Gasteiger partial charge >= 0.3 is 0 Å². The van der Waals surface area contributed by atoms with Crippen LogP contribution in [0.1, 0.15) is 64.0 Å². The highest BCUT2D eigenvalue weighted by molar-refractivity contribution is 5.41. The molecule has 1 atom stereocenters. The van der Waals surface area contributed by atoms with Gasteiger partial charge in [-0.2, -0.15) is 0 Å². The predicted octanol–water partition coefficient (Wildman–Crippen LogP) is 5.79. The molecule has 1 aliphatic carbocycles. The van der Waals surface area contributed by atoms with E-state index in [2.05, 4.69) is 26.0 Å². The first-order valence-corrected chi connectivity index (χ1v) is 9.67. The molecule has 1 aliphatic rings. The van der Waals surface area contributed by atoms with Crippen LogP contribution >= 0.6 is 0 Å². The van der Waals surface area contributed by atoms with E-state index in [4.69, 9.17) is 9.47 Å². The molecule has 0 aromatic heterocycles. The molecule has 0 spiro atoms. The van der Waals surface area contributed by atoms with Crippen molar-refractivity contribution in [3.63, 3.8) is 0 Å². The predicted molar refractivity (Wildman–Crippen MR) is 105 cm³/mol. The zero-order chi connectivity index (χ0) is 18.6. The fourth-order valence-electron chi connectivity index (χ4n) is 3.69. The zero-order valence-corrected chi connectivity index (χ0v) is 16.1. The van der Waals surface area contributed by atoms with Crippen LogP contribution in [0.2, 0.25) is 0 Å². The summed E-state index contributed by atoms with van der Waals surface area (Å²) in [6.45, 7) is 6.34. The summed E-state index contributed by atoms with van der Waals surface area (Å²) in [5.74, 6) is 1.12. The van der Waals surface area contributed by atoms with Crippen LogP contribution in [-0.4, -0.2) is 17.5 Å². The van der Waals surface area contributed by atoms with Gasteiger partial charge in [0.1, 0.15) is 11.5 Å². The van der Waals surface area contributed by atoms with E-state index in [1.807, 2.05) is 31.2 Å². The van der Waals surface area contributed by atoms with Gasteiger partial charge in [0, 0.05) is 5.41 Å². The average Bonchev–Trinajstić information content (AvgIpc) is 2.63. The third-order valence-corrected chi connectivity index (χ3v) is 5.40. The number of hydrogen-bond acceptors (Lipinski definition) is 3. The van der Waals surface area contributed by atoms with Gasteiger partial charge in [-0.15, -0.1) is 0 Å². The van der Waals surface area contributed by atoms with E-state index in [0.717, 1.165) is 24.2 Å². The lowest BCUT2D eigenvalue weighted by Gasteiger charge is -2.27. The Bertz CT molecular complexity index is 682. The minimum Gasteiger partial charge on any atom is -0.508 e. The molecule has 0 aliphatic heterocycles. The minimum absolute atomic E-state index is 0.142. The monoisotopic (exact) mass is 354 g/mol. The molecule has 3 heteroatoms. The molecular weight excluding hydrogens is 324 g/mol. The summed E-state index contributed by atoms with van der Waals surface area (Å²) < 4.78 is 12.0. The van der Waals surface area contributed by atoms with Gasteiger partial charge in [0.2, 0.25) is 0 Å². The van der Waals surface area contributed by atoms with Crippen LogP contribution in [0.3, 0.4) is 0 Å². The third kappa shape index (κ3) is 4.59. The molecule has 3 rings (SSSR count). The Hall–Kier alpha value is -2.00. The molecule has 0 amide bonds. The Balaban J connectivity index is 1.63. The molecule has 1 fully saturated rings. The Morgan fingerprint density at radius 3 is 2.00 bits per heavy atom. The van der Waals surface area contributed by atoms with Gasteiger partial charge in [0.05, 0.1) is 6.10 Å². The Morgan fingerprint density at radius 2 is 1.42 bits per heavy atom. The van der Waals surface area contributed by atoms with Gasteiger partial charge in [-0.1, -0.05) is 57.4 Å². The van der Waals surface area contributed by atoms with Gasteiger partial charge in [-0.3, -0.25) is 0 Å². The van der Waals surface area contributed by atoms with E-state index >= 15 is 0 Å². The fourth-order valence-corrected chi connectivity index (χ4v) is 3.69. The molecule has 0 radical (unpaired) electrons. The summed E-state index contributed by atoms with van der Waals surface area (Å²) in [5, 5.41) is 9.50. The van der Waals surface area contributed by atoms with Gasteiger partial charge in [-0.05, 0) is 55.2 Å².